The summed E-state index contributed by atoms with van der Waals surface area (Å²) in [6.07, 6.45) is -4.67. The number of benzene rings is 2. The summed E-state index contributed by atoms with van der Waals surface area (Å²) in [4.78, 5) is 43.2. The maximum atomic E-state index is 13.7. The molecule has 0 radical (unpaired) electrons. The molecule has 2 amide bonds. The summed E-state index contributed by atoms with van der Waals surface area (Å²) in [7, 11) is 0. The second-order valence-corrected chi connectivity index (χ2v) is 10.7. The largest absolute Gasteiger partial charge is 0.434 e. The molecule has 0 unspecified atom stereocenters. The first-order valence-electron chi connectivity index (χ1n) is 11.9. The molecule has 1 atom stereocenters. The molecular weight excluding hydrogens is 522 g/mol. The van der Waals surface area contributed by atoms with Gasteiger partial charge in [0.15, 0.2) is 11.5 Å². The van der Waals surface area contributed by atoms with Crippen molar-refractivity contribution in [2.75, 3.05) is 13.1 Å². The minimum atomic E-state index is -4.93. The Balaban J connectivity index is 1.45. The van der Waals surface area contributed by atoms with Crippen LogP contribution in [0.1, 0.15) is 57.7 Å². The number of thiazole rings is 1. The summed E-state index contributed by atoms with van der Waals surface area (Å²) >= 11 is 0.462. The predicted octanol–water partition coefficient (Wildman–Crippen LogP) is 5.62. The number of hydrogen-bond donors (Lipinski definition) is 1. The molecule has 2 heterocycles. The number of nitrogens with one attached hydrogen (secondary N) is 1. The van der Waals surface area contributed by atoms with Crippen LogP contribution < -0.4 is 5.32 Å². The number of Topliss-reactive ketones (excluding diaryl/α,β-unsaturated/α-hetero) is 1. The summed E-state index contributed by atoms with van der Waals surface area (Å²) in [5.74, 6) is -1.99. The Kier molecular flexibility index (Phi) is 7.68. The fourth-order valence-electron chi connectivity index (χ4n) is 4.23. The van der Waals surface area contributed by atoms with Crippen LogP contribution in [0.3, 0.4) is 0 Å². The molecule has 38 heavy (non-hydrogen) atoms. The Morgan fingerprint density at radius 2 is 1.71 bits per heavy atom. The van der Waals surface area contributed by atoms with Gasteiger partial charge in [-0.1, -0.05) is 30.3 Å². The molecule has 3 aromatic rings. The Hall–Kier alpha value is -3.60. The van der Waals surface area contributed by atoms with Crippen LogP contribution in [-0.2, 0) is 17.4 Å². The highest BCUT2D eigenvalue weighted by Crippen LogP contribution is 2.36. The number of carbonyl (C=O) groups excluding carboxylic acids is 3. The van der Waals surface area contributed by atoms with Crippen molar-refractivity contribution in [1.29, 1.82) is 0 Å². The third-order valence-corrected chi connectivity index (χ3v) is 7.48. The third-order valence-electron chi connectivity index (χ3n) is 6.43. The molecule has 2 aromatic carbocycles. The SMILES string of the molecule is CC(C)(NC(=O)N1CC[C@H](c2ccccc2)C1)C(=O)Cc1nc(C(F)(F)F)c(C(=O)c2ccc(F)cc2)s1. The Labute approximate surface area is 220 Å². The lowest BCUT2D eigenvalue weighted by atomic mass is 9.97. The number of alkyl halides is 3. The topological polar surface area (TPSA) is 79.4 Å². The van der Waals surface area contributed by atoms with E-state index < -0.39 is 52.1 Å². The van der Waals surface area contributed by atoms with Crippen molar-refractivity contribution in [2.45, 2.75) is 44.3 Å². The molecular formula is C27H25F4N3O3S. The molecule has 4 rings (SSSR count). The van der Waals surface area contributed by atoms with Crippen molar-refractivity contribution < 1.29 is 31.9 Å². The van der Waals surface area contributed by atoms with Crippen LogP contribution >= 0.6 is 11.3 Å². The molecule has 0 bridgehead atoms. The van der Waals surface area contributed by atoms with Gasteiger partial charge in [0.25, 0.3) is 0 Å². The minimum Gasteiger partial charge on any atom is -0.326 e. The van der Waals surface area contributed by atoms with Crippen LogP contribution in [-0.4, -0.2) is 46.1 Å². The summed E-state index contributed by atoms with van der Waals surface area (Å²) in [5, 5.41) is 2.48. The zero-order valence-corrected chi connectivity index (χ0v) is 21.5. The van der Waals surface area contributed by atoms with Crippen molar-refractivity contribution in [3.63, 3.8) is 0 Å². The Bertz CT molecular complexity index is 1340. The molecule has 200 valence electrons. The molecule has 1 saturated heterocycles. The van der Waals surface area contributed by atoms with Gasteiger partial charge in [-0.25, -0.2) is 14.2 Å². The van der Waals surface area contributed by atoms with Gasteiger partial charge in [0.05, 0.1) is 12.0 Å². The number of amides is 2. The van der Waals surface area contributed by atoms with E-state index in [1.807, 2.05) is 30.3 Å². The molecule has 1 aromatic heterocycles. The highest BCUT2D eigenvalue weighted by atomic mass is 32.1. The van der Waals surface area contributed by atoms with Crippen molar-refractivity contribution in [3.8, 4) is 0 Å². The van der Waals surface area contributed by atoms with E-state index in [0.29, 0.717) is 24.4 Å². The van der Waals surface area contributed by atoms with Crippen LogP contribution in [0.4, 0.5) is 22.4 Å². The summed E-state index contributed by atoms with van der Waals surface area (Å²) in [6, 6.07) is 13.4. The lowest BCUT2D eigenvalue weighted by Crippen LogP contribution is -2.54. The number of aromatic nitrogens is 1. The first-order valence-corrected chi connectivity index (χ1v) is 12.7. The molecule has 1 aliphatic rings. The van der Waals surface area contributed by atoms with Crippen LogP contribution in [0.5, 0.6) is 0 Å². The second-order valence-electron chi connectivity index (χ2n) is 9.62. The number of carbonyl (C=O) groups is 3. The molecule has 1 fully saturated rings. The number of rotatable bonds is 7. The highest BCUT2D eigenvalue weighted by molar-refractivity contribution is 7.14. The zero-order chi connectivity index (χ0) is 27.7. The third kappa shape index (κ3) is 6.09. The number of urea groups is 1. The number of halogens is 4. The van der Waals surface area contributed by atoms with Gasteiger partial charge in [-0.2, -0.15) is 13.2 Å². The maximum absolute atomic E-state index is 13.7. The van der Waals surface area contributed by atoms with Gasteiger partial charge >= 0.3 is 12.2 Å². The highest BCUT2D eigenvalue weighted by Gasteiger charge is 2.41. The monoisotopic (exact) mass is 547 g/mol. The van der Waals surface area contributed by atoms with E-state index in [-0.39, 0.29) is 16.5 Å². The Morgan fingerprint density at radius 1 is 1.05 bits per heavy atom. The fraction of sp³-hybridized carbons (Fsp3) is 0.333. The van der Waals surface area contributed by atoms with Crippen LogP contribution in [0.2, 0.25) is 0 Å². The van der Waals surface area contributed by atoms with Gasteiger partial charge in [-0.05, 0) is 50.1 Å². The lowest BCUT2D eigenvalue weighted by Gasteiger charge is -2.28. The van der Waals surface area contributed by atoms with Gasteiger partial charge in [-0.15, -0.1) is 11.3 Å². The second kappa shape index (κ2) is 10.6. The van der Waals surface area contributed by atoms with E-state index in [2.05, 4.69) is 10.3 Å². The lowest BCUT2D eigenvalue weighted by molar-refractivity contribution is -0.141. The average molecular weight is 548 g/mol. The number of ketones is 2. The molecule has 11 heteroatoms. The van der Waals surface area contributed by atoms with Gasteiger partial charge in [0.1, 0.15) is 15.7 Å². The van der Waals surface area contributed by atoms with E-state index in [9.17, 15) is 31.9 Å². The number of nitrogens with zero attached hydrogens (tertiary/aromatic N) is 2. The minimum absolute atomic E-state index is 0.134. The number of likely N-dealkylation sites (tertiary alicyclic amines) is 1. The molecule has 0 saturated carbocycles. The van der Waals surface area contributed by atoms with Crippen molar-refractivity contribution in [2.24, 2.45) is 0 Å². The fourth-order valence-corrected chi connectivity index (χ4v) is 5.28. The van der Waals surface area contributed by atoms with Gasteiger partial charge in [0.2, 0.25) is 5.78 Å². The summed E-state index contributed by atoms with van der Waals surface area (Å²) < 4.78 is 54.2. The molecule has 1 N–H and O–H groups in total. The molecule has 6 nitrogen and oxygen atoms in total. The van der Waals surface area contributed by atoms with E-state index in [1.165, 1.54) is 13.8 Å². The van der Waals surface area contributed by atoms with Gasteiger partial charge in [-0.3, -0.25) is 9.59 Å². The predicted molar refractivity (Wildman–Crippen MR) is 134 cm³/mol. The first-order chi connectivity index (χ1) is 17.8. The van der Waals surface area contributed by atoms with Gasteiger partial charge < -0.3 is 10.2 Å². The normalized spacial score (nSPS) is 15.9. The van der Waals surface area contributed by atoms with Crippen molar-refractivity contribution in [3.05, 3.63) is 87.1 Å². The van der Waals surface area contributed by atoms with E-state index in [1.54, 1.807) is 4.90 Å². The van der Waals surface area contributed by atoms with Crippen LogP contribution in [0.15, 0.2) is 54.6 Å². The van der Waals surface area contributed by atoms with Crippen LogP contribution in [0.25, 0.3) is 0 Å². The summed E-state index contributed by atoms with van der Waals surface area (Å²) in [5.41, 5.74) is -1.81. The molecule has 1 aliphatic heterocycles. The molecule has 0 aliphatic carbocycles. The smallest absolute Gasteiger partial charge is 0.326 e. The van der Waals surface area contributed by atoms with Crippen molar-refractivity contribution in [1.82, 2.24) is 15.2 Å². The quantitative estimate of drug-likeness (QED) is 0.308. The zero-order valence-electron chi connectivity index (χ0n) is 20.6. The van der Waals surface area contributed by atoms with Crippen molar-refractivity contribution >= 4 is 28.9 Å². The standard InChI is InChI=1S/C27H25F4N3O3S/c1-26(2,33-25(37)34-13-12-18(15-34)16-6-4-3-5-7-16)20(35)14-21-32-24(27(29,30)31)23(38-21)22(36)17-8-10-19(28)11-9-17/h3-11,18H,12-15H2,1-2H3,(H,33,37)/t18-/m0/s1. The average Bonchev–Trinajstić information content (AvgIpc) is 3.52. The van der Waals surface area contributed by atoms with Crippen LogP contribution in [0, 0.1) is 5.82 Å². The van der Waals surface area contributed by atoms with E-state index in [0.717, 1.165) is 36.2 Å². The maximum Gasteiger partial charge on any atom is 0.434 e. The van der Waals surface area contributed by atoms with Gasteiger partial charge in [0, 0.05) is 24.6 Å². The summed E-state index contributed by atoms with van der Waals surface area (Å²) in [6.45, 7) is 3.93. The van der Waals surface area contributed by atoms with E-state index >= 15 is 0 Å². The first kappa shape index (κ1) is 27.4. The molecule has 0 spiro atoms. The van der Waals surface area contributed by atoms with E-state index in [4.69, 9.17) is 0 Å². The Morgan fingerprint density at radius 3 is 2.34 bits per heavy atom. The number of hydrogen-bond acceptors (Lipinski definition) is 5.